The number of esters is 1. The van der Waals surface area contributed by atoms with E-state index in [1.807, 2.05) is 19.0 Å². The number of likely N-dealkylation sites (N-methyl/N-ethyl adjacent to an activating group) is 1. The van der Waals surface area contributed by atoms with Crippen molar-refractivity contribution >= 4 is 5.97 Å². The molecule has 0 aromatic heterocycles. The maximum absolute atomic E-state index is 11.3. The molecule has 0 atom stereocenters. The van der Waals surface area contributed by atoms with Gasteiger partial charge in [-0.2, -0.15) is 0 Å². The van der Waals surface area contributed by atoms with Crippen molar-refractivity contribution in [3.63, 3.8) is 0 Å². The third-order valence-electron chi connectivity index (χ3n) is 3.96. The Hall–Kier alpha value is -0.570. The second kappa shape index (κ2) is 16.8. The van der Waals surface area contributed by atoms with Gasteiger partial charge in [-0.3, -0.25) is 9.69 Å². The van der Waals surface area contributed by atoms with E-state index >= 15 is 0 Å². The molecule has 0 fully saturated rings. The van der Waals surface area contributed by atoms with Crippen molar-refractivity contribution < 1.29 is 9.53 Å². The van der Waals surface area contributed by atoms with E-state index in [0.717, 1.165) is 6.42 Å². The van der Waals surface area contributed by atoms with Crippen LogP contribution >= 0.6 is 0 Å². The van der Waals surface area contributed by atoms with E-state index in [1.54, 1.807) is 0 Å². The molecule has 0 unspecified atom stereocenters. The number of nitrogens with zero attached hydrogens (tertiary/aromatic N) is 1. The molecule has 0 aliphatic carbocycles. The smallest absolute Gasteiger partial charge is 0.320 e. The Bertz CT molecular complexity index is 242. The summed E-state index contributed by atoms with van der Waals surface area (Å²) in [6.45, 7) is 3.25. The minimum atomic E-state index is -0.107. The molecule has 0 aromatic rings. The summed E-state index contributed by atoms with van der Waals surface area (Å²) in [5.41, 5.74) is 0. The van der Waals surface area contributed by atoms with Gasteiger partial charge >= 0.3 is 5.97 Å². The van der Waals surface area contributed by atoms with Gasteiger partial charge in [-0.15, -0.1) is 0 Å². The summed E-state index contributed by atoms with van der Waals surface area (Å²) in [5, 5.41) is 0. The number of carbonyl (C=O) groups excluding carboxylic acids is 1. The van der Waals surface area contributed by atoms with Gasteiger partial charge in [-0.1, -0.05) is 84.0 Å². The van der Waals surface area contributed by atoms with Gasteiger partial charge in [0.2, 0.25) is 0 Å². The van der Waals surface area contributed by atoms with E-state index in [1.165, 1.54) is 77.0 Å². The molecular weight excluding hydrogens is 274 g/mol. The largest absolute Gasteiger partial charge is 0.465 e. The molecule has 0 saturated heterocycles. The van der Waals surface area contributed by atoms with E-state index in [-0.39, 0.29) is 5.97 Å². The number of unbranched alkanes of at least 4 members (excludes halogenated alkanes) is 12. The minimum Gasteiger partial charge on any atom is -0.465 e. The van der Waals surface area contributed by atoms with Crippen LogP contribution in [0.25, 0.3) is 0 Å². The van der Waals surface area contributed by atoms with E-state index in [0.29, 0.717) is 13.2 Å². The number of ether oxygens (including phenoxy) is 1. The average molecular weight is 314 g/mol. The van der Waals surface area contributed by atoms with E-state index in [2.05, 4.69) is 6.92 Å². The highest BCUT2D eigenvalue weighted by Crippen LogP contribution is 2.12. The summed E-state index contributed by atoms with van der Waals surface area (Å²) in [4.78, 5) is 13.1. The lowest BCUT2D eigenvalue weighted by molar-refractivity contribution is -0.144. The lowest BCUT2D eigenvalue weighted by Gasteiger charge is -2.09. The normalized spacial score (nSPS) is 11.1. The monoisotopic (exact) mass is 313 g/mol. The van der Waals surface area contributed by atoms with Crippen molar-refractivity contribution in [1.29, 1.82) is 0 Å². The maximum Gasteiger partial charge on any atom is 0.320 e. The Kier molecular flexibility index (Phi) is 16.4. The number of hydrogen-bond acceptors (Lipinski definition) is 3. The van der Waals surface area contributed by atoms with Crippen molar-refractivity contribution in [2.75, 3.05) is 27.2 Å². The first-order valence-electron chi connectivity index (χ1n) is 9.47. The van der Waals surface area contributed by atoms with Crippen LogP contribution in [0.4, 0.5) is 0 Å². The first-order valence-corrected chi connectivity index (χ1v) is 9.47. The fourth-order valence-electron chi connectivity index (χ4n) is 2.61. The lowest BCUT2D eigenvalue weighted by Crippen LogP contribution is -2.23. The van der Waals surface area contributed by atoms with Crippen molar-refractivity contribution in [2.45, 2.75) is 90.4 Å². The molecule has 0 saturated carbocycles. The molecule has 0 amide bonds. The van der Waals surface area contributed by atoms with Gasteiger partial charge in [-0.05, 0) is 20.5 Å². The van der Waals surface area contributed by atoms with Gasteiger partial charge in [-0.25, -0.2) is 0 Å². The first-order chi connectivity index (χ1) is 10.7. The van der Waals surface area contributed by atoms with Crippen molar-refractivity contribution in [3.05, 3.63) is 0 Å². The third kappa shape index (κ3) is 17.5. The Morgan fingerprint density at radius 1 is 0.727 bits per heavy atom. The molecule has 0 heterocycles. The molecule has 22 heavy (non-hydrogen) atoms. The fourth-order valence-corrected chi connectivity index (χ4v) is 2.61. The number of rotatable bonds is 16. The van der Waals surface area contributed by atoms with Crippen LogP contribution < -0.4 is 0 Å². The fraction of sp³-hybridized carbons (Fsp3) is 0.947. The Balaban J connectivity index is 3.07. The van der Waals surface area contributed by atoms with E-state index in [4.69, 9.17) is 4.74 Å². The topological polar surface area (TPSA) is 29.5 Å². The van der Waals surface area contributed by atoms with Crippen molar-refractivity contribution in [3.8, 4) is 0 Å². The zero-order chi connectivity index (χ0) is 16.5. The zero-order valence-electron chi connectivity index (χ0n) is 15.4. The molecule has 0 bridgehead atoms. The van der Waals surface area contributed by atoms with Crippen LogP contribution in [0, 0.1) is 0 Å². The second-order valence-corrected chi connectivity index (χ2v) is 6.70. The summed E-state index contributed by atoms with van der Waals surface area (Å²) in [6, 6.07) is 0. The predicted molar refractivity (Wildman–Crippen MR) is 95.2 cm³/mol. The van der Waals surface area contributed by atoms with Gasteiger partial charge in [0.15, 0.2) is 0 Å². The lowest BCUT2D eigenvalue weighted by atomic mass is 10.0. The summed E-state index contributed by atoms with van der Waals surface area (Å²) in [7, 11) is 3.76. The zero-order valence-corrected chi connectivity index (χ0v) is 15.4. The highest BCUT2D eigenvalue weighted by Gasteiger charge is 2.03. The average Bonchev–Trinajstić information content (AvgIpc) is 2.47. The van der Waals surface area contributed by atoms with Gasteiger partial charge < -0.3 is 4.74 Å². The van der Waals surface area contributed by atoms with Crippen molar-refractivity contribution in [2.24, 2.45) is 0 Å². The van der Waals surface area contributed by atoms with Crippen LogP contribution in [0.5, 0.6) is 0 Å². The Labute approximate surface area is 138 Å². The number of carbonyl (C=O) groups is 1. The molecule has 132 valence electrons. The van der Waals surface area contributed by atoms with E-state index in [9.17, 15) is 4.79 Å². The van der Waals surface area contributed by atoms with Crippen LogP contribution in [0.2, 0.25) is 0 Å². The molecule has 0 N–H and O–H groups in total. The summed E-state index contributed by atoms with van der Waals surface area (Å²) in [6.07, 6.45) is 17.4. The molecule has 3 heteroatoms. The molecule has 3 nitrogen and oxygen atoms in total. The predicted octanol–water partition coefficient (Wildman–Crippen LogP) is 5.18. The molecule has 0 spiro atoms. The molecule has 0 aromatic carbocycles. The van der Waals surface area contributed by atoms with Crippen LogP contribution in [-0.2, 0) is 9.53 Å². The molecule has 0 aliphatic rings. The summed E-state index contributed by atoms with van der Waals surface area (Å²) >= 11 is 0. The van der Waals surface area contributed by atoms with Crippen LogP contribution in [0.3, 0.4) is 0 Å². The van der Waals surface area contributed by atoms with Gasteiger partial charge in [0.1, 0.15) is 0 Å². The van der Waals surface area contributed by atoms with Gasteiger partial charge in [0.25, 0.3) is 0 Å². The van der Waals surface area contributed by atoms with Crippen LogP contribution in [0.15, 0.2) is 0 Å². The first kappa shape index (κ1) is 21.4. The quantitative estimate of drug-likeness (QED) is 0.290. The van der Waals surface area contributed by atoms with E-state index < -0.39 is 0 Å². The molecule has 0 radical (unpaired) electrons. The van der Waals surface area contributed by atoms with Crippen LogP contribution in [0.1, 0.15) is 90.4 Å². The third-order valence-corrected chi connectivity index (χ3v) is 3.96. The Morgan fingerprint density at radius 2 is 1.14 bits per heavy atom. The minimum absolute atomic E-state index is 0.107. The SMILES string of the molecule is CCCCCCCCCCCCCCCOC(=O)CN(C)C. The van der Waals surface area contributed by atoms with Gasteiger partial charge in [0.05, 0.1) is 13.2 Å². The van der Waals surface area contributed by atoms with Crippen molar-refractivity contribution in [1.82, 2.24) is 4.90 Å². The number of hydrogen-bond donors (Lipinski definition) is 0. The second-order valence-electron chi connectivity index (χ2n) is 6.70. The summed E-state index contributed by atoms with van der Waals surface area (Å²) in [5.74, 6) is -0.107. The highest BCUT2D eigenvalue weighted by atomic mass is 16.5. The van der Waals surface area contributed by atoms with Gasteiger partial charge in [0, 0.05) is 0 Å². The van der Waals surface area contributed by atoms with Crippen LogP contribution in [-0.4, -0.2) is 38.1 Å². The molecule has 0 rings (SSSR count). The highest BCUT2D eigenvalue weighted by molar-refractivity contribution is 5.71. The summed E-state index contributed by atoms with van der Waals surface area (Å²) < 4.78 is 5.17. The maximum atomic E-state index is 11.3. The molecular formula is C19H39NO2. The molecule has 0 aliphatic heterocycles. The standard InChI is InChI=1S/C19H39NO2/c1-4-5-6-7-8-9-10-11-12-13-14-15-16-17-22-19(21)18-20(2)3/h4-18H2,1-3H3. The Morgan fingerprint density at radius 3 is 1.55 bits per heavy atom.